The van der Waals surface area contributed by atoms with Gasteiger partial charge < -0.3 is 10.1 Å². The molecule has 1 aliphatic rings. The highest BCUT2D eigenvalue weighted by atomic mass is 19.1. The molecule has 0 atom stereocenters. The van der Waals surface area contributed by atoms with E-state index in [1.165, 1.54) is 6.07 Å². The zero-order valence-corrected chi connectivity index (χ0v) is 13.1. The third-order valence-corrected chi connectivity index (χ3v) is 3.81. The van der Waals surface area contributed by atoms with Gasteiger partial charge in [0, 0.05) is 51.9 Å². The van der Waals surface area contributed by atoms with E-state index in [1.54, 1.807) is 13.2 Å². The van der Waals surface area contributed by atoms with E-state index in [9.17, 15) is 9.18 Å². The number of hydrogen-bond donors (Lipinski definition) is 1. The summed E-state index contributed by atoms with van der Waals surface area (Å²) in [6.45, 7) is 5.46. The van der Waals surface area contributed by atoms with Crippen molar-refractivity contribution in [3.63, 3.8) is 0 Å². The van der Waals surface area contributed by atoms with Crippen molar-refractivity contribution >= 4 is 5.91 Å². The number of hydrogen-bond acceptors (Lipinski definition) is 4. The topological polar surface area (TPSA) is 44.8 Å². The molecule has 0 radical (unpaired) electrons. The third kappa shape index (κ3) is 5.36. The summed E-state index contributed by atoms with van der Waals surface area (Å²) < 4.78 is 18.5. The average Bonchev–Trinajstić information content (AvgIpc) is 2.52. The van der Waals surface area contributed by atoms with E-state index in [-0.39, 0.29) is 11.7 Å². The summed E-state index contributed by atoms with van der Waals surface area (Å²) in [7, 11) is 1.61. The van der Waals surface area contributed by atoms with Crippen molar-refractivity contribution in [2.75, 3.05) is 53.0 Å². The Morgan fingerprint density at radius 1 is 1.23 bits per heavy atom. The summed E-state index contributed by atoms with van der Waals surface area (Å²) >= 11 is 0. The lowest BCUT2D eigenvalue weighted by Crippen LogP contribution is -2.49. The van der Waals surface area contributed by atoms with E-state index in [2.05, 4.69) is 15.1 Å². The molecule has 2 rings (SSSR count). The minimum Gasteiger partial charge on any atom is -0.383 e. The molecule has 0 aliphatic carbocycles. The average molecular weight is 309 g/mol. The largest absolute Gasteiger partial charge is 0.383 e. The number of ether oxygens (including phenoxy) is 1. The number of halogens is 1. The standard InChI is InChI=1S/C16H24FN3O2/c1-22-11-6-18-16(21)13-20-9-7-19(8-10-20)12-14-4-2-3-5-15(14)17/h2-5H,6-13H2,1H3,(H,18,21). The fourth-order valence-corrected chi connectivity index (χ4v) is 2.52. The van der Waals surface area contributed by atoms with Gasteiger partial charge in [-0.2, -0.15) is 0 Å². The molecule has 1 saturated heterocycles. The Hall–Kier alpha value is -1.50. The quantitative estimate of drug-likeness (QED) is 0.754. The van der Waals surface area contributed by atoms with Crippen LogP contribution < -0.4 is 5.32 Å². The van der Waals surface area contributed by atoms with Crippen molar-refractivity contribution in [2.24, 2.45) is 0 Å². The number of benzene rings is 1. The number of rotatable bonds is 7. The van der Waals surface area contributed by atoms with E-state index < -0.39 is 0 Å². The van der Waals surface area contributed by atoms with Crippen LogP contribution in [0.4, 0.5) is 4.39 Å². The Morgan fingerprint density at radius 2 is 1.91 bits per heavy atom. The second-order valence-corrected chi connectivity index (χ2v) is 5.49. The smallest absolute Gasteiger partial charge is 0.234 e. The van der Waals surface area contributed by atoms with Crippen LogP contribution in [-0.2, 0) is 16.1 Å². The first-order chi connectivity index (χ1) is 10.7. The maximum atomic E-state index is 13.6. The van der Waals surface area contributed by atoms with Crippen LogP contribution in [0.25, 0.3) is 0 Å². The molecule has 0 saturated carbocycles. The van der Waals surface area contributed by atoms with Crippen LogP contribution in [-0.4, -0.2) is 68.7 Å². The molecular weight excluding hydrogens is 285 g/mol. The van der Waals surface area contributed by atoms with Crippen molar-refractivity contribution in [1.29, 1.82) is 0 Å². The second-order valence-electron chi connectivity index (χ2n) is 5.49. The lowest BCUT2D eigenvalue weighted by Gasteiger charge is -2.34. The first kappa shape index (κ1) is 16.9. The van der Waals surface area contributed by atoms with Crippen molar-refractivity contribution in [3.05, 3.63) is 35.6 Å². The molecule has 0 bridgehead atoms. The number of nitrogens with one attached hydrogen (secondary N) is 1. The van der Waals surface area contributed by atoms with Gasteiger partial charge in [0.05, 0.1) is 13.2 Å². The van der Waals surface area contributed by atoms with Gasteiger partial charge >= 0.3 is 0 Å². The Bertz CT molecular complexity index is 476. The molecule has 0 aromatic heterocycles. The molecule has 1 aliphatic heterocycles. The molecule has 1 amide bonds. The predicted octanol–water partition coefficient (Wildman–Crippen LogP) is 0.706. The molecule has 6 heteroatoms. The highest BCUT2D eigenvalue weighted by molar-refractivity contribution is 5.77. The van der Waals surface area contributed by atoms with E-state index >= 15 is 0 Å². The van der Waals surface area contributed by atoms with E-state index in [0.29, 0.717) is 26.2 Å². The Morgan fingerprint density at radius 3 is 2.59 bits per heavy atom. The lowest BCUT2D eigenvalue weighted by molar-refractivity contribution is -0.122. The molecule has 1 heterocycles. The normalized spacial score (nSPS) is 16.6. The van der Waals surface area contributed by atoms with Gasteiger partial charge in [-0.3, -0.25) is 14.6 Å². The van der Waals surface area contributed by atoms with Crippen LogP contribution in [0.3, 0.4) is 0 Å². The van der Waals surface area contributed by atoms with Gasteiger partial charge in [-0.05, 0) is 6.07 Å². The molecule has 122 valence electrons. The second kappa shape index (κ2) is 8.82. The lowest BCUT2D eigenvalue weighted by atomic mass is 10.2. The maximum absolute atomic E-state index is 13.6. The van der Waals surface area contributed by atoms with Crippen LogP contribution in [0.2, 0.25) is 0 Å². The number of methoxy groups -OCH3 is 1. The summed E-state index contributed by atoms with van der Waals surface area (Å²) in [5, 5.41) is 2.82. The maximum Gasteiger partial charge on any atom is 0.234 e. The summed E-state index contributed by atoms with van der Waals surface area (Å²) in [6, 6.07) is 6.89. The Labute approximate surface area is 131 Å². The summed E-state index contributed by atoms with van der Waals surface area (Å²) in [6.07, 6.45) is 0. The SMILES string of the molecule is COCCNC(=O)CN1CCN(Cc2ccccc2F)CC1. The molecule has 1 N–H and O–H groups in total. The zero-order valence-electron chi connectivity index (χ0n) is 13.1. The summed E-state index contributed by atoms with van der Waals surface area (Å²) in [5.41, 5.74) is 0.730. The van der Waals surface area contributed by atoms with Crippen LogP contribution >= 0.6 is 0 Å². The number of carbonyl (C=O) groups excluding carboxylic acids is 1. The van der Waals surface area contributed by atoms with E-state index in [4.69, 9.17) is 4.74 Å². The Balaban J connectivity index is 1.69. The van der Waals surface area contributed by atoms with Crippen molar-refractivity contribution in [3.8, 4) is 0 Å². The minimum atomic E-state index is -0.151. The van der Waals surface area contributed by atoms with Gasteiger partial charge in [-0.15, -0.1) is 0 Å². The van der Waals surface area contributed by atoms with Crippen LogP contribution in [0.15, 0.2) is 24.3 Å². The first-order valence-corrected chi connectivity index (χ1v) is 7.63. The van der Waals surface area contributed by atoms with Gasteiger partial charge in [0.15, 0.2) is 0 Å². The molecule has 1 aromatic carbocycles. The van der Waals surface area contributed by atoms with Crippen molar-refractivity contribution < 1.29 is 13.9 Å². The van der Waals surface area contributed by atoms with Gasteiger partial charge in [0.1, 0.15) is 5.82 Å². The molecule has 1 fully saturated rings. The fourth-order valence-electron chi connectivity index (χ4n) is 2.52. The third-order valence-electron chi connectivity index (χ3n) is 3.81. The number of piperazine rings is 1. The minimum absolute atomic E-state index is 0.0274. The van der Waals surface area contributed by atoms with E-state index in [1.807, 2.05) is 12.1 Å². The monoisotopic (exact) mass is 309 g/mol. The highest BCUT2D eigenvalue weighted by Crippen LogP contribution is 2.11. The molecule has 1 aromatic rings. The van der Waals surface area contributed by atoms with Crippen LogP contribution in [0.5, 0.6) is 0 Å². The molecule has 0 unspecified atom stereocenters. The van der Waals surface area contributed by atoms with E-state index in [0.717, 1.165) is 31.7 Å². The summed E-state index contributed by atoms with van der Waals surface area (Å²) in [4.78, 5) is 16.1. The molecular formula is C16H24FN3O2. The van der Waals surface area contributed by atoms with Gasteiger partial charge in [-0.1, -0.05) is 18.2 Å². The molecule has 0 spiro atoms. The Kier molecular flexibility index (Phi) is 6.76. The number of carbonyl (C=O) groups is 1. The van der Waals surface area contributed by atoms with Gasteiger partial charge in [0.2, 0.25) is 5.91 Å². The summed E-state index contributed by atoms with van der Waals surface area (Å²) in [5.74, 6) is -0.123. The zero-order chi connectivity index (χ0) is 15.8. The first-order valence-electron chi connectivity index (χ1n) is 7.63. The highest BCUT2D eigenvalue weighted by Gasteiger charge is 2.19. The number of amides is 1. The van der Waals surface area contributed by atoms with Crippen molar-refractivity contribution in [2.45, 2.75) is 6.54 Å². The predicted molar refractivity (Wildman–Crippen MR) is 83.0 cm³/mol. The van der Waals surface area contributed by atoms with Gasteiger partial charge in [-0.25, -0.2) is 4.39 Å². The van der Waals surface area contributed by atoms with Gasteiger partial charge in [0.25, 0.3) is 0 Å². The number of nitrogens with zero attached hydrogens (tertiary/aromatic N) is 2. The van der Waals surface area contributed by atoms with Crippen molar-refractivity contribution in [1.82, 2.24) is 15.1 Å². The fraction of sp³-hybridized carbons (Fsp3) is 0.562. The van der Waals surface area contributed by atoms with Crippen LogP contribution in [0.1, 0.15) is 5.56 Å². The molecule has 22 heavy (non-hydrogen) atoms. The van der Waals surface area contributed by atoms with Crippen LogP contribution in [0, 0.1) is 5.82 Å². The molecule has 5 nitrogen and oxygen atoms in total.